The second kappa shape index (κ2) is 5.65. The molecule has 84 valence electrons. The minimum atomic E-state index is -1.50. The average molecular weight is 244 g/mol. The van der Waals surface area contributed by atoms with Crippen molar-refractivity contribution in [1.82, 2.24) is 5.48 Å². The van der Waals surface area contributed by atoms with Crippen molar-refractivity contribution in [3.05, 3.63) is 34.9 Å². The number of hydrogen-bond donors (Lipinski definition) is 1. The third kappa shape index (κ3) is 4.34. The summed E-state index contributed by atoms with van der Waals surface area (Å²) in [4.78, 5) is 0. The maximum atomic E-state index is 6.02. The molecule has 0 bridgehead atoms. The summed E-state index contributed by atoms with van der Waals surface area (Å²) in [5.41, 5.74) is 4.08. The standard InChI is InChI=1S/C11H18ClNOSi/c1-4-15(2,3)14-13-9-10-7-5-6-8-11(10)12/h5-8,13H,4,9H2,1-3H3. The molecule has 0 heterocycles. The Kier molecular flexibility index (Phi) is 4.79. The van der Waals surface area contributed by atoms with E-state index in [-0.39, 0.29) is 0 Å². The highest BCUT2D eigenvalue weighted by Crippen LogP contribution is 2.15. The predicted octanol–water partition coefficient (Wildman–Crippen LogP) is 3.59. The normalized spacial score (nSPS) is 11.7. The maximum absolute atomic E-state index is 6.02. The van der Waals surface area contributed by atoms with E-state index in [0.29, 0.717) is 6.54 Å². The molecule has 0 saturated carbocycles. The number of benzene rings is 1. The van der Waals surface area contributed by atoms with E-state index in [1.807, 2.05) is 24.3 Å². The summed E-state index contributed by atoms with van der Waals surface area (Å²) in [5.74, 6) is 0. The highest BCUT2D eigenvalue weighted by molar-refractivity contribution is 6.70. The third-order valence-electron chi connectivity index (χ3n) is 2.42. The zero-order chi connectivity index (χ0) is 11.3. The molecule has 4 heteroatoms. The first-order chi connectivity index (χ1) is 7.05. The fourth-order valence-corrected chi connectivity index (χ4v) is 1.83. The van der Waals surface area contributed by atoms with Gasteiger partial charge in [0.1, 0.15) is 0 Å². The fraction of sp³-hybridized carbons (Fsp3) is 0.455. The first kappa shape index (κ1) is 12.7. The Morgan fingerprint density at radius 3 is 2.60 bits per heavy atom. The minimum absolute atomic E-state index is 0.663. The van der Waals surface area contributed by atoms with Crippen LogP contribution in [-0.2, 0) is 11.1 Å². The molecule has 0 spiro atoms. The molecule has 0 aliphatic rings. The van der Waals surface area contributed by atoms with Crippen LogP contribution in [-0.4, -0.2) is 8.32 Å². The van der Waals surface area contributed by atoms with Crippen molar-refractivity contribution in [2.24, 2.45) is 0 Å². The maximum Gasteiger partial charge on any atom is 0.214 e. The van der Waals surface area contributed by atoms with Crippen molar-refractivity contribution in [3.8, 4) is 0 Å². The van der Waals surface area contributed by atoms with Crippen molar-refractivity contribution < 1.29 is 4.53 Å². The second-order valence-electron chi connectivity index (χ2n) is 4.13. The Balaban J connectivity index is 2.42. The Morgan fingerprint density at radius 2 is 2.00 bits per heavy atom. The number of nitrogens with one attached hydrogen (secondary N) is 1. The van der Waals surface area contributed by atoms with E-state index in [4.69, 9.17) is 16.1 Å². The molecule has 0 radical (unpaired) electrons. The summed E-state index contributed by atoms with van der Waals surface area (Å²) in [6.07, 6.45) is 0. The molecule has 0 saturated heterocycles. The van der Waals surface area contributed by atoms with Crippen LogP contribution in [0.2, 0.25) is 24.2 Å². The Morgan fingerprint density at radius 1 is 1.33 bits per heavy atom. The summed E-state index contributed by atoms with van der Waals surface area (Å²) in [6.45, 7) is 7.19. The van der Waals surface area contributed by atoms with Crippen LogP contribution in [0.4, 0.5) is 0 Å². The van der Waals surface area contributed by atoms with Crippen molar-refractivity contribution >= 4 is 19.9 Å². The smallest absolute Gasteiger partial charge is 0.214 e. The summed E-state index contributed by atoms with van der Waals surface area (Å²) in [6, 6.07) is 8.89. The largest absolute Gasteiger partial charge is 0.345 e. The van der Waals surface area contributed by atoms with E-state index in [2.05, 4.69) is 25.5 Å². The molecule has 0 unspecified atom stereocenters. The molecule has 1 N–H and O–H groups in total. The van der Waals surface area contributed by atoms with Crippen LogP contribution >= 0.6 is 11.6 Å². The number of halogens is 1. The van der Waals surface area contributed by atoms with Crippen molar-refractivity contribution in [2.45, 2.75) is 32.6 Å². The molecule has 1 aromatic rings. The summed E-state index contributed by atoms with van der Waals surface area (Å²) >= 11 is 6.02. The van der Waals surface area contributed by atoms with Gasteiger partial charge in [0.2, 0.25) is 8.32 Å². The first-order valence-corrected chi connectivity index (χ1v) is 8.69. The molecule has 0 aliphatic carbocycles. The molecule has 2 nitrogen and oxygen atoms in total. The average Bonchev–Trinajstić information content (AvgIpc) is 2.21. The van der Waals surface area contributed by atoms with Gasteiger partial charge in [-0.05, 0) is 30.8 Å². The third-order valence-corrected chi connectivity index (χ3v) is 5.19. The van der Waals surface area contributed by atoms with Crippen LogP contribution in [0.25, 0.3) is 0 Å². The van der Waals surface area contributed by atoms with Gasteiger partial charge in [-0.25, -0.2) is 5.48 Å². The molecule has 0 atom stereocenters. The monoisotopic (exact) mass is 243 g/mol. The lowest BCUT2D eigenvalue weighted by atomic mass is 10.2. The van der Waals surface area contributed by atoms with E-state index in [1.165, 1.54) is 0 Å². The van der Waals surface area contributed by atoms with Gasteiger partial charge in [0.15, 0.2) is 0 Å². The lowest BCUT2D eigenvalue weighted by Crippen LogP contribution is -2.35. The van der Waals surface area contributed by atoms with Gasteiger partial charge >= 0.3 is 0 Å². The topological polar surface area (TPSA) is 21.3 Å². The van der Waals surface area contributed by atoms with Gasteiger partial charge < -0.3 is 4.53 Å². The zero-order valence-electron chi connectivity index (χ0n) is 9.51. The summed E-state index contributed by atoms with van der Waals surface area (Å²) in [5, 5.41) is 0.782. The Hall–Kier alpha value is -0.353. The molecule has 15 heavy (non-hydrogen) atoms. The Bertz CT molecular complexity index is 317. The lowest BCUT2D eigenvalue weighted by molar-refractivity contribution is 0.180. The quantitative estimate of drug-likeness (QED) is 0.631. The number of hydroxylamine groups is 1. The zero-order valence-corrected chi connectivity index (χ0v) is 11.3. The first-order valence-electron chi connectivity index (χ1n) is 5.19. The number of rotatable bonds is 5. The van der Waals surface area contributed by atoms with E-state index in [9.17, 15) is 0 Å². The molecule has 0 aromatic heterocycles. The minimum Gasteiger partial charge on any atom is -0.345 e. The Labute approximate surface area is 97.7 Å². The van der Waals surface area contributed by atoms with Gasteiger partial charge in [0.05, 0.1) is 0 Å². The SMILES string of the molecule is CC[Si](C)(C)ONCc1ccccc1Cl. The van der Waals surface area contributed by atoms with Gasteiger partial charge in [-0.3, -0.25) is 0 Å². The van der Waals surface area contributed by atoms with E-state index < -0.39 is 8.32 Å². The van der Waals surface area contributed by atoms with E-state index in [0.717, 1.165) is 16.6 Å². The lowest BCUT2D eigenvalue weighted by Gasteiger charge is -2.20. The van der Waals surface area contributed by atoms with E-state index in [1.54, 1.807) is 0 Å². The van der Waals surface area contributed by atoms with Gasteiger partial charge in [0, 0.05) is 11.6 Å². The molecule has 0 amide bonds. The fourth-order valence-electron chi connectivity index (χ4n) is 1.02. The van der Waals surface area contributed by atoms with Gasteiger partial charge in [-0.2, -0.15) is 0 Å². The van der Waals surface area contributed by atoms with Crippen molar-refractivity contribution in [1.29, 1.82) is 0 Å². The second-order valence-corrected chi connectivity index (χ2v) is 8.97. The van der Waals surface area contributed by atoms with Gasteiger partial charge in [0.25, 0.3) is 0 Å². The summed E-state index contributed by atoms with van der Waals surface area (Å²) in [7, 11) is -1.50. The van der Waals surface area contributed by atoms with Crippen LogP contribution in [0.1, 0.15) is 12.5 Å². The molecule has 0 fully saturated rings. The summed E-state index contributed by atoms with van der Waals surface area (Å²) < 4.78 is 5.67. The van der Waals surface area contributed by atoms with Crippen LogP contribution in [0.3, 0.4) is 0 Å². The van der Waals surface area contributed by atoms with Crippen LogP contribution < -0.4 is 5.48 Å². The highest BCUT2D eigenvalue weighted by atomic mass is 35.5. The molecular weight excluding hydrogens is 226 g/mol. The molecule has 0 aliphatic heterocycles. The van der Waals surface area contributed by atoms with Gasteiger partial charge in [-0.1, -0.05) is 36.7 Å². The number of hydrogen-bond acceptors (Lipinski definition) is 2. The van der Waals surface area contributed by atoms with E-state index >= 15 is 0 Å². The van der Waals surface area contributed by atoms with Crippen LogP contribution in [0, 0.1) is 0 Å². The van der Waals surface area contributed by atoms with Crippen molar-refractivity contribution in [3.63, 3.8) is 0 Å². The molecule has 1 aromatic carbocycles. The molecule has 1 rings (SSSR count). The highest BCUT2D eigenvalue weighted by Gasteiger charge is 2.19. The van der Waals surface area contributed by atoms with Gasteiger partial charge in [-0.15, -0.1) is 0 Å². The van der Waals surface area contributed by atoms with Crippen molar-refractivity contribution in [2.75, 3.05) is 0 Å². The predicted molar refractivity (Wildman–Crippen MR) is 67.3 cm³/mol. The van der Waals surface area contributed by atoms with Crippen LogP contribution in [0.15, 0.2) is 24.3 Å². The molecular formula is C11H18ClNOSi. The van der Waals surface area contributed by atoms with Crippen LogP contribution in [0.5, 0.6) is 0 Å².